The Balaban J connectivity index is 1.81. The van der Waals surface area contributed by atoms with Crippen molar-refractivity contribution < 1.29 is 17.9 Å². The minimum Gasteiger partial charge on any atom is -0.491 e. The summed E-state index contributed by atoms with van der Waals surface area (Å²) in [5, 5.41) is 2.82. The number of anilines is 2. The van der Waals surface area contributed by atoms with Crippen molar-refractivity contribution in [3.8, 4) is 5.75 Å². The first kappa shape index (κ1) is 22.4. The molecule has 7 heteroatoms. The van der Waals surface area contributed by atoms with Crippen molar-refractivity contribution in [3.63, 3.8) is 0 Å². The number of nitrogens with zero attached hydrogens (tertiary/aromatic N) is 1. The summed E-state index contributed by atoms with van der Waals surface area (Å²) in [5.74, 6) is 0.169. The van der Waals surface area contributed by atoms with Gasteiger partial charge in [-0.2, -0.15) is 0 Å². The number of para-hydroxylation sites is 3. The minimum absolute atomic E-state index is 0.0407. The number of hydrogen-bond donors (Lipinski definition) is 1. The molecule has 31 heavy (non-hydrogen) atoms. The minimum atomic E-state index is -3.82. The molecule has 3 rings (SSSR count). The van der Waals surface area contributed by atoms with Gasteiger partial charge in [0.15, 0.2) is 0 Å². The zero-order valence-corrected chi connectivity index (χ0v) is 18.4. The Morgan fingerprint density at radius 3 is 2.42 bits per heavy atom. The fraction of sp³-hybridized carbons (Fsp3) is 0.208. The summed E-state index contributed by atoms with van der Waals surface area (Å²) < 4.78 is 33.0. The van der Waals surface area contributed by atoms with E-state index in [0.717, 1.165) is 12.8 Å². The van der Waals surface area contributed by atoms with Crippen molar-refractivity contribution in [2.75, 3.05) is 23.3 Å². The van der Waals surface area contributed by atoms with Gasteiger partial charge in [-0.3, -0.25) is 9.10 Å². The molecule has 0 fully saturated rings. The summed E-state index contributed by atoms with van der Waals surface area (Å²) in [6.45, 7) is 2.64. The van der Waals surface area contributed by atoms with Gasteiger partial charge in [0.2, 0.25) is 0 Å². The Bertz CT molecular complexity index is 1130. The highest BCUT2D eigenvalue weighted by atomic mass is 32.2. The molecule has 0 aliphatic heterocycles. The molecule has 3 aromatic rings. The van der Waals surface area contributed by atoms with Crippen LogP contribution in [0.1, 0.15) is 30.1 Å². The van der Waals surface area contributed by atoms with Crippen LogP contribution in [0.4, 0.5) is 11.4 Å². The van der Waals surface area contributed by atoms with E-state index in [-0.39, 0.29) is 10.5 Å². The van der Waals surface area contributed by atoms with E-state index in [4.69, 9.17) is 4.74 Å². The number of ether oxygens (including phenoxy) is 1. The maximum Gasteiger partial charge on any atom is 0.264 e. The predicted molar refractivity (Wildman–Crippen MR) is 123 cm³/mol. The fourth-order valence-corrected chi connectivity index (χ4v) is 4.19. The molecule has 0 aliphatic rings. The second kappa shape index (κ2) is 10.1. The fourth-order valence-electron chi connectivity index (χ4n) is 2.95. The van der Waals surface area contributed by atoms with E-state index in [2.05, 4.69) is 12.2 Å². The molecule has 0 saturated heterocycles. The quantitative estimate of drug-likeness (QED) is 0.480. The van der Waals surface area contributed by atoms with Gasteiger partial charge in [-0.15, -0.1) is 0 Å². The predicted octanol–water partition coefficient (Wildman–Crippen LogP) is 4.94. The number of unbranched alkanes of at least 4 members (excludes halogenated alkanes) is 1. The molecule has 0 heterocycles. The lowest BCUT2D eigenvalue weighted by Gasteiger charge is -2.19. The van der Waals surface area contributed by atoms with E-state index in [0.29, 0.717) is 23.7 Å². The first-order chi connectivity index (χ1) is 14.9. The molecule has 3 aromatic carbocycles. The van der Waals surface area contributed by atoms with E-state index >= 15 is 0 Å². The monoisotopic (exact) mass is 438 g/mol. The van der Waals surface area contributed by atoms with Gasteiger partial charge in [-0.05, 0) is 48.9 Å². The van der Waals surface area contributed by atoms with Crippen LogP contribution >= 0.6 is 0 Å². The van der Waals surface area contributed by atoms with Gasteiger partial charge in [-0.1, -0.05) is 49.7 Å². The lowest BCUT2D eigenvalue weighted by molar-refractivity contribution is 0.102. The topological polar surface area (TPSA) is 75.7 Å². The van der Waals surface area contributed by atoms with E-state index < -0.39 is 15.9 Å². The van der Waals surface area contributed by atoms with Crippen LogP contribution in [0.3, 0.4) is 0 Å². The molecule has 0 aliphatic carbocycles. The van der Waals surface area contributed by atoms with Crippen molar-refractivity contribution in [2.45, 2.75) is 24.7 Å². The summed E-state index contributed by atoms with van der Waals surface area (Å²) in [5.41, 5.74) is 1.32. The molecule has 1 N–H and O–H groups in total. The zero-order valence-electron chi connectivity index (χ0n) is 17.6. The number of carbonyl (C=O) groups excluding carboxylic acids is 1. The normalized spacial score (nSPS) is 11.0. The number of hydrogen-bond acceptors (Lipinski definition) is 4. The van der Waals surface area contributed by atoms with E-state index in [9.17, 15) is 13.2 Å². The summed E-state index contributed by atoms with van der Waals surface area (Å²) in [6.07, 6.45) is 1.92. The Hall–Kier alpha value is -3.32. The van der Waals surface area contributed by atoms with Gasteiger partial charge in [-0.25, -0.2) is 8.42 Å². The maximum atomic E-state index is 13.0. The maximum absolute atomic E-state index is 13.0. The van der Waals surface area contributed by atoms with Gasteiger partial charge in [0, 0.05) is 12.6 Å². The Kier molecular flexibility index (Phi) is 7.31. The number of benzene rings is 3. The van der Waals surface area contributed by atoms with Crippen LogP contribution in [0.15, 0.2) is 83.8 Å². The lowest BCUT2D eigenvalue weighted by atomic mass is 10.2. The highest BCUT2D eigenvalue weighted by molar-refractivity contribution is 7.92. The molecule has 162 valence electrons. The molecule has 6 nitrogen and oxygen atoms in total. The van der Waals surface area contributed by atoms with Gasteiger partial charge < -0.3 is 10.1 Å². The van der Waals surface area contributed by atoms with Gasteiger partial charge in [0.1, 0.15) is 5.75 Å². The molecule has 0 saturated carbocycles. The van der Waals surface area contributed by atoms with Crippen LogP contribution in [-0.2, 0) is 10.0 Å². The molecule has 0 atom stereocenters. The van der Waals surface area contributed by atoms with Crippen molar-refractivity contribution >= 4 is 27.3 Å². The first-order valence-corrected chi connectivity index (χ1v) is 11.5. The first-order valence-electron chi connectivity index (χ1n) is 10.1. The highest BCUT2D eigenvalue weighted by Gasteiger charge is 2.22. The highest BCUT2D eigenvalue weighted by Crippen LogP contribution is 2.26. The molecule has 1 amide bonds. The number of nitrogens with one attached hydrogen (secondary N) is 1. The third-order valence-corrected chi connectivity index (χ3v) is 6.55. The van der Waals surface area contributed by atoms with Crippen LogP contribution < -0.4 is 14.4 Å². The molecular formula is C24H26N2O4S. The van der Waals surface area contributed by atoms with Crippen LogP contribution in [-0.4, -0.2) is 28.0 Å². The average molecular weight is 439 g/mol. The Labute approximate surface area is 183 Å². The van der Waals surface area contributed by atoms with Crippen molar-refractivity contribution in [1.29, 1.82) is 0 Å². The standard InChI is InChI=1S/C24H26N2O4S/c1-3-4-17-30-23-16-9-8-15-22(23)25-24(27)19-11-10-14-21(18-19)31(28,29)26(2)20-12-6-5-7-13-20/h5-16,18H,3-4,17H2,1-2H3,(H,25,27). The molecular weight excluding hydrogens is 412 g/mol. The summed E-state index contributed by atoms with van der Waals surface area (Å²) in [6, 6.07) is 22.0. The average Bonchev–Trinajstić information content (AvgIpc) is 2.80. The van der Waals surface area contributed by atoms with Crippen molar-refractivity contribution in [1.82, 2.24) is 0 Å². The van der Waals surface area contributed by atoms with Crippen molar-refractivity contribution in [3.05, 3.63) is 84.4 Å². The van der Waals surface area contributed by atoms with Gasteiger partial charge in [0.25, 0.3) is 15.9 Å². The Morgan fingerprint density at radius 2 is 1.68 bits per heavy atom. The van der Waals surface area contributed by atoms with Gasteiger partial charge >= 0.3 is 0 Å². The van der Waals surface area contributed by atoms with Gasteiger partial charge in [0.05, 0.1) is 22.9 Å². The van der Waals surface area contributed by atoms with Crippen LogP contribution in [0, 0.1) is 0 Å². The second-order valence-corrected chi connectivity index (χ2v) is 8.96. The number of rotatable bonds is 9. The lowest BCUT2D eigenvalue weighted by Crippen LogP contribution is -2.26. The molecule has 0 radical (unpaired) electrons. The van der Waals surface area contributed by atoms with Crippen LogP contribution in [0.5, 0.6) is 5.75 Å². The van der Waals surface area contributed by atoms with Crippen molar-refractivity contribution in [2.24, 2.45) is 0 Å². The SMILES string of the molecule is CCCCOc1ccccc1NC(=O)c1cccc(S(=O)(=O)N(C)c2ccccc2)c1. The summed E-state index contributed by atoms with van der Waals surface area (Å²) in [7, 11) is -2.33. The molecule has 0 aromatic heterocycles. The van der Waals surface area contributed by atoms with E-state index in [1.165, 1.54) is 23.5 Å². The second-order valence-electron chi connectivity index (χ2n) is 6.99. The van der Waals surface area contributed by atoms with Crippen LogP contribution in [0.2, 0.25) is 0 Å². The smallest absolute Gasteiger partial charge is 0.264 e. The molecule has 0 spiro atoms. The summed E-state index contributed by atoms with van der Waals surface area (Å²) in [4.78, 5) is 12.9. The Morgan fingerprint density at radius 1 is 0.968 bits per heavy atom. The van der Waals surface area contributed by atoms with E-state index in [1.807, 2.05) is 12.1 Å². The number of sulfonamides is 1. The number of carbonyl (C=O) groups is 1. The molecule has 0 unspecified atom stereocenters. The van der Waals surface area contributed by atoms with Crippen LogP contribution in [0.25, 0.3) is 0 Å². The summed E-state index contributed by atoms with van der Waals surface area (Å²) >= 11 is 0. The third kappa shape index (κ3) is 5.44. The zero-order chi connectivity index (χ0) is 22.3. The third-order valence-electron chi connectivity index (χ3n) is 4.77. The largest absolute Gasteiger partial charge is 0.491 e. The molecule has 0 bridgehead atoms. The van der Waals surface area contributed by atoms with E-state index in [1.54, 1.807) is 54.6 Å². The number of amides is 1.